The average molecular weight is 746 g/mol. The van der Waals surface area contributed by atoms with Gasteiger partial charge in [-0.15, -0.1) is 0 Å². The fourth-order valence-corrected chi connectivity index (χ4v) is 9.57. The van der Waals surface area contributed by atoms with Crippen molar-refractivity contribution in [3.8, 4) is 11.5 Å². The Balaban J connectivity index is 0.794. The summed E-state index contributed by atoms with van der Waals surface area (Å²) in [6.07, 6.45) is 1.76. The van der Waals surface area contributed by atoms with Gasteiger partial charge in [-0.3, -0.25) is 14.5 Å². The Morgan fingerprint density at radius 2 is 1.62 bits per heavy atom. The number of halogens is 1. The lowest BCUT2D eigenvalue weighted by Gasteiger charge is -2.40. The number of nitrogens with one attached hydrogen (secondary N) is 1. The highest BCUT2D eigenvalue weighted by Crippen LogP contribution is 2.47. The standard InChI is InChI=1S/C44H48FN5O5/c45-37-23-30(42-35-10-8-33(51)24-40(35)55-27-36(42)29-4-2-1-3-5-29)6-11-38(37)49-16-14-28(15-17-49)25-47-18-20-48(21-19-47)32-7-9-34-31(22-32)26-50(44(34)54)39-12-13-41(52)46-43(39)53/h1-11,22-24,28,36,39,42-43,51,53H,12-21,25-27H2,(H,46,52)/t36-,39+,42-,43?/m1/s1. The maximum Gasteiger partial charge on any atom is 0.254 e. The lowest BCUT2D eigenvalue weighted by atomic mass is 9.76. The monoisotopic (exact) mass is 745 g/mol. The molecule has 4 aromatic rings. The summed E-state index contributed by atoms with van der Waals surface area (Å²) >= 11 is 0. The van der Waals surface area contributed by atoms with Crippen LogP contribution in [0.1, 0.15) is 70.1 Å². The lowest BCUT2D eigenvalue weighted by Crippen LogP contribution is -2.55. The van der Waals surface area contributed by atoms with Crippen LogP contribution in [0.15, 0.2) is 84.9 Å². The number of anilines is 2. The predicted octanol–water partition coefficient (Wildman–Crippen LogP) is 5.43. The number of piperidine rings is 2. The maximum absolute atomic E-state index is 16.1. The first-order chi connectivity index (χ1) is 26.8. The molecule has 5 heterocycles. The third-order valence-corrected chi connectivity index (χ3v) is 12.6. The molecule has 1 unspecified atom stereocenters. The Hall–Kier alpha value is -5.13. The van der Waals surface area contributed by atoms with Gasteiger partial charge in [0.2, 0.25) is 5.91 Å². The number of benzene rings is 4. The van der Waals surface area contributed by atoms with E-state index in [0.717, 1.165) is 86.6 Å². The van der Waals surface area contributed by atoms with Crippen LogP contribution in [-0.4, -0.2) is 96.5 Å². The minimum Gasteiger partial charge on any atom is -0.508 e. The molecular formula is C44H48FN5O5. The highest BCUT2D eigenvalue weighted by Gasteiger charge is 2.39. The summed E-state index contributed by atoms with van der Waals surface area (Å²) in [7, 11) is 0. The van der Waals surface area contributed by atoms with E-state index in [1.807, 2.05) is 42.5 Å². The maximum atomic E-state index is 16.1. The third kappa shape index (κ3) is 7.00. The molecule has 3 N–H and O–H groups in total. The zero-order valence-corrected chi connectivity index (χ0v) is 30.9. The lowest BCUT2D eigenvalue weighted by molar-refractivity contribution is -0.129. The predicted molar refractivity (Wildman–Crippen MR) is 208 cm³/mol. The number of hydrogen-bond donors (Lipinski definition) is 3. The normalized spacial score (nSPS) is 24.7. The van der Waals surface area contributed by atoms with Crippen molar-refractivity contribution in [1.82, 2.24) is 15.1 Å². The summed E-state index contributed by atoms with van der Waals surface area (Å²) in [4.78, 5) is 33.7. The van der Waals surface area contributed by atoms with E-state index in [0.29, 0.717) is 48.9 Å². The minimum atomic E-state index is -1.04. The molecule has 4 atom stereocenters. The van der Waals surface area contributed by atoms with E-state index in [1.54, 1.807) is 23.1 Å². The smallest absolute Gasteiger partial charge is 0.254 e. The second kappa shape index (κ2) is 14.8. The molecule has 0 radical (unpaired) electrons. The largest absolute Gasteiger partial charge is 0.508 e. The van der Waals surface area contributed by atoms with Crippen molar-refractivity contribution in [2.75, 3.05) is 62.2 Å². The van der Waals surface area contributed by atoms with E-state index >= 15 is 4.39 Å². The number of rotatable bonds is 7. The number of aromatic hydroxyl groups is 1. The Kier molecular flexibility index (Phi) is 9.60. The number of amides is 2. The first-order valence-electron chi connectivity index (χ1n) is 19.7. The Labute approximate surface area is 321 Å². The number of piperazine rings is 1. The molecule has 0 aliphatic carbocycles. The van der Waals surface area contributed by atoms with Gasteiger partial charge in [0, 0.05) is 93.5 Å². The molecule has 4 aromatic carbocycles. The van der Waals surface area contributed by atoms with Crippen molar-refractivity contribution in [2.24, 2.45) is 5.92 Å². The Bertz CT molecular complexity index is 2070. The van der Waals surface area contributed by atoms with Crippen LogP contribution in [0.5, 0.6) is 11.5 Å². The van der Waals surface area contributed by atoms with E-state index in [9.17, 15) is 19.8 Å². The number of hydrogen-bond acceptors (Lipinski definition) is 8. The average Bonchev–Trinajstić information content (AvgIpc) is 3.53. The number of ether oxygens (including phenoxy) is 1. The Morgan fingerprint density at radius 3 is 2.38 bits per heavy atom. The van der Waals surface area contributed by atoms with Gasteiger partial charge in [0.05, 0.1) is 18.3 Å². The van der Waals surface area contributed by atoms with Gasteiger partial charge in [0.1, 0.15) is 23.5 Å². The fourth-order valence-electron chi connectivity index (χ4n) is 9.57. The number of aliphatic hydroxyl groups excluding tert-OH is 1. The molecule has 0 aromatic heterocycles. The van der Waals surface area contributed by atoms with E-state index in [1.165, 1.54) is 0 Å². The number of fused-ring (bicyclic) bond motifs is 2. The molecule has 3 saturated heterocycles. The van der Waals surface area contributed by atoms with Crippen LogP contribution in [0.4, 0.5) is 15.8 Å². The summed E-state index contributed by atoms with van der Waals surface area (Å²) < 4.78 is 22.2. The van der Waals surface area contributed by atoms with E-state index in [4.69, 9.17) is 4.74 Å². The van der Waals surface area contributed by atoms with Crippen LogP contribution in [-0.2, 0) is 11.3 Å². The molecule has 10 nitrogen and oxygen atoms in total. The molecule has 11 heteroatoms. The molecule has 5 aliphatic rings. The molecule has 0 bridgehead atoms. The summed E-state index contributed by atoms with van der Waals surface area (Å²) in [5, 5.41) is 23.1. The molecule has 0 spiro atoms. The van der Waals surface area contributed by atoms with Gasteiger partial charge in [-0.25, -0.2) is 4.39 Å². The van der Waals surface area contributed by atoms with Crippen LogP contribution >= 0.6 is 0 Å². The van der Waals surface area contributed by atoms with Gasteiger partial charge in [-0.2, -0.15) is 0 Å². The van der Waals surface area contributed by atoms with Gasteiger partial charge in [-0.1, -0.05) is 42.5 Å². The summed E-state index contributed by atoms with van der Waals surface area (Å²) in [6, 6.07) is 26.9. The molecule has 286 valence electrons. The first kappa shape index (κ1) is 35.6. The van der Waals surface area contributed by atoms with E-state index < -0.39 is 12.3 Å². The third-order valence-electron chi connectivity index (χ3n) is 12.6. The number of aliphatic hydroxyl groups is 1. The topological polar surface area (TPSA) is 109 Å². The first-order valence-corrected chi connectivity index (χ1v) is 19.7. The second-order valence-electron chi connectivity index (χ2n) is 15.8. The van der Waals surface area contributed by atoms with Crippen molar-refractivity contribution in [3.63, 3.8) is 0 Å². The summed E-state index contributed by atoms with van der Waals surface area (Å²) in [5.41, 5.74) is 6.43. The molecule has 55 heavy (non-hydrogen) atoms. The molecule has 0 saturated carbocycles. The molecule has 5 aliphatic heterocycles. The molecule has 2 amide bonds. The number of carbonyl (C=O) groups is 2. The van der Waals surface area contributed by atoms with E-state index in [-0.39, 0.29) is 35.2 Å². The van der Waals surface area contributed by atoms with Gasteiger partial charge < -0.3 is 35.0 Å². The van der Waals surface area contributed by atoms with Gasteiger partial charge >= 0.3 is 0 Å². The van der Waals surface area contributed by atoms with Gasteiger partial charge in [0.15, 0.2) is 0 Å². The van der Waals surface area contributed by atoms with Crippen molar-refractivity contribution in [2.45, 2.75) is 56.3 Å². The number of phenols is 1. The SMILES string of the molecule is O=C1CC[C@H](N2Cc3cc(N4CCN(CC5CCN(c6ccc([C@@H]7c8ccc(O)cc8OC[C@@H]7c7ccccc7)cc6F)CC5)CC4)ccc3C2=O)C(O)N1. The van der Waals surface area contributed by atoms with Gasteiger partial charge in [-0.05, 0) is 78.3 Å². The molecular weight excluding hydrogens is 698 g/mol. The van der Waals surface area contributed by atoms with E-state index in [2.05, 4.69) is 44.3 Å². The van der Waals surface area contributed by atoms with Crippen molar-refractivity contribution >= 4 is 23.2 Å². The van der Waals surface area contributed by atoms with Crippen LogP contribution in [0, 0.1) is 11.7 Å². The highest BCUT2D eigenvalue weighted by atomic mass is 19.1. The van der Waals surface area contributed by atoms with Gasteiger partial charge in [0.25, 0.3) is 5.91 Å². The van der Waals surface area contributed by atoms with Crippen molar-refractivity contribution < 1.29 is 28.9 Å². The summed E-state index contributed by atoms with van der Waals surface area (Å²) in [6.45, 7) is 7.31. The van der Waals surface area contributed by atoms with Crippen LogP contribution in [0.2, 0.25) is 0 Å². The highest BCUT2D eigenvalue weighted by molar-refractivity contribution is 5.99. The molecule has 3 fully saturated rings. The molecule has 9 rings (SSSR count). The number of carbonyl (C=O) groups excluding carboxylic acids is 2. The van der Waals surface area contributed by atoms with Crippen LogP contribution < -0.4 is 19.9 Å². The fraction of sp³-hybridized carbons (Fsp3) is 0.409. The zero-order valence-electron chi connectivity index (χ0n) is 30.9. The van der Waals surface area contributed by atoms with Crippen LogP contribution in [0.3, 0.4) is 0 Å². The second-order valence-corrected chi connectivity index (χ2v) is 15.8. The van der Waals surface area contributed by atoms with Crippen molar-refractivity contribution in [3.05, 3.63) is 119 Å². The zero-order chi connectivity index (χ0) is 37.6. The van der Waals surface area contributed by atoms with Crippen LogP contribution in [0.25, 0.3) is 0 Å². The Morgan fingerprint density at radius 1 is 0.818 bits per heavy atom. The number of phenolic OH excluding ortho intramolecular Hbond substituents is 1. The quantitative estimate of drug-likeness (QED) is 0.230. The number of nitrogens with zero attached hydrogens (tertiary/aromatic N) is 4. The van der Waals surface area contributed by atoms with Crippen molar-refractivity contribution in [1.29, 1.82) is 0 Å². The summed E-state index contributed by atoms with van der Waals surface area (Å²) in [5.74, 6) is 0.802. The minimum absolute atomic E-state index is 0.0146.